The SMILES string of the molecule is Cn1cnc(CNC(=O)CCc2ccc(C(=O)O)cc2)n1. The molecular formula is C14H16N4O3. The summed E-state index contributed by atoms with van der Waals surface area (Å²) < 4.78 is 1.57. The lowest BCUT2D eigenvalue weighted by Gasteiger charge is -2.03. The van der Waals surface area contributed by atoms with Gasteiger partial charge in [-0.25, -0.2) is 9.78 Å². The lowest BCUT2D eigenvalue weighted by Crippen LogP contribution is -2.23. The Hall–Kier alpha value is -2.70. The minimum atomic E-state index is -0.956. The first-order chi connectivity index (χ1) is 10.0. The van der Waals surface area contributed by atoms with Gasteiger partial charge in [-0.1, -0.05) is 12.1 Å². The summed E-state index contributed by atoms with van der Waals surface area (Å²) in [6.45, 7) is 0.303. The van der Waals surface area contributed by atoms with E-state index in [0.717, 1.165) is 5.56 Å². The van der Waals surface area contributed by atoms with E-state index in [0.29, 0.717) is 25.2 Å². The molecule has 7 nitrogen and oxygen atoms in total. The molecule has 0 radical (unpaired) electrons. The van der Waals surface area contributed by atoms with Gasteiger partial charge in [0.15, 0.2) is 5.82 Å². The molecule has 0 unspecified atom stereocenters. The topological polar surface area (TPSA) is 97.1 Å². The van der Waals surface area contributed by atoms with E-state index >= 15 is 0 Å². The maximum Gasteiger partial charge on any atom is 0.335 e. The number of benzene rings is 1. The van der Waals surface area contributed by atoms with Crippen LogP contribution in [0, 0.1) is 0 Å². The average Bonchev–Trinajstić information content (AvgIpc) is 2.89. The molecule has 1 amide bonds. The number of carbonyl (C=O) groups is 2. The summed E-state index contributed by atoms with van der Waals surface area (Å²) in [5, 5.41) is 15.6. The Labute approximate surface area is 121 Å². The quantitative estimate of drug-likeness (QED) is 0.818. The van der Waals surface area contributed by atoms with E-state index in [9.17, 15) is 9.59 Å². The molecule has 2 aromatic rings. The lowest BCUT2D eigenvalue weighted by atomic mass is 10.1. The number of carboxylic acids is 1. The van der Waals surface area contributed by atoms with Crippen LogP contribution >= 0.6 is 0 Å². The fourth-order valence-electron chi connectivity index (χ4n) is 1.80. The molecular weight excluding hydrogens is 272 g/mol. The third-order valence-corrected chi connectivity index (χ3v) is 2.93. The summed E-state index contributed by atoms with van der Waals surface area (Å²) in [6.07, 6.45) is 2.46. The van der Waals surface area contributed by atoms with Crippen molar-refractivity contribution >= 4 is 11.9 Å². The van der Waals surface area contributed by atoms with Gasteiger partial charge < -0.3 is 10.4 Å². The molecule has 0 saturated carbocycles. The van der Waals surface area contributed by atoms with Crippen LogP contribution in [0.2, 0.25) is 0 Å². The van der Waals surface area contributed by atoms with E-state index in [-0.39, 0.29) is 11.5 Å². The van der Waals surface area contributed by atoms with Gasteiger partial charge in [-0.15, -0.1) is 0 Å². The van der Waals surface area contributed by atoms with Crippen molar-refractivity contribution in [1.82, 2.24) is 20.1 Å². The minimum Gasteiger partial charge on any atom is -0.478 e. The van der Waals surface area contributed by atoms with Crippen LogP contribution in [-0.4, -0.2) is 31.7 Å². The standard InChI is InChI=1S/C14H16N4O3/c1-18-9-16-12(17-18)8-15-13(19)7-4-10-2-5-11(6-3-10)14(20)21/h2-3,5-6,9H,4,7-8H2,1H3,(H,15,19)(H,20,21). The van der Waals surface area contributed by atoms with Crippen LogP contribution in [0.5, 0.6) is 0 Å². The monoisotopic (exact) mass is 288 g/mol. The van der Waals surface area contributed by atoms with Crippen LogP contribution in [0.3, 0.4) is 0 Å². The molecule has 1 aromatic carbocycles. The van der Waals surface area contributed by atoms with E-state index in [4.69, 9.17) is 5.11 Å². The number of hydrogen-bond acceptors (Lipinski definition) is 4. The summed E-state index contributed by atoms with van der Waals surface area (Å²) >= 11 is 0. The van der Waals surface area contributed by atoms with Gasteiger partial charge in [0.2, 0.25) is 5.91 Å². The smallest absolute Gasteiger partial charge is 0.335 e. The molecule has 0 bridgehead atoms. The zero-order valence-electron chi connectivity index (χ0n) is 11.6. The van der Waals surface area contributed by atoms with E-state index in [1.54, 1.807) is 30.2 Å². The number of nitrogens with one attached hydrogen (secondary N) is 1. The number of aromatic carboxylic acids is 1. The zero-order chi connectivity index (χ0) is 15.2. The second-order valence-corrected chi connectivity index (χ2v) is 4.61. The number of aromatic nitrogens is 3. The highest BCUT2D eigenvalue weighted by molar-refractivity contribution is 5.87. The summed E-state index contributed by atoms with van der Waals surface area (Å²) in [5.41, 5.74) is 1.16. The molecule has 0 spiro atoms. The molecule has 7 heteroatoms. The van der Waals surface area contributed by atoms with Crippen molar-refractivity contribution in [3.05, 3.63) is 47.5 Å². The van der Waals surface area contributed by atoms with Crippen LogP contribution in [0.15, 0.2) is 30.6 Å². The Morgan fingerprint density at radius 1 is 1.29 bits per heavy atom. The van der Waals surface area contributed by atoms with Crippen molar-refractivity contribution in [3.63, 3.8) is 0 Å². The number of rotatable bonds is 6. The summed E-state index contributed by atoms with van der Waals surface area (Å²) in [6, 6.07) is 6.51. The van der Waals surface area contributed by atoms with Gasteiger partial charge in [-0.3, -0.25) is 9.48 Å². The highest BCUT2D eigenvalue weighted by Crippen LogP contribution is 2.07. The van der Waals surface area contributed by atoms with Crippen molar-refractivity contribution in [2.75, 3.05) is 0 Å². The normalized spacial score (nSPS) is 10.3. The molecule has 110 valence electrons. The Bertz CT molecular complexity index is 634. The highest BCUT2D eigenvalue weighted by Gasteiger charge is 2.06. The molecule has 2 N–H and O–H groups in total. The number of nitrogens with zero attached hydrogens (tertiary/aromatic N) is 3. The van der Waals surface area contributed by atoms with E-state index in [1.807, 2.05) is 0 Å². The van der Waals surface area contributed by atoms with Crippen molar-refractivity contribution in [3.8, 4) is 0 Å². The molecule has 1 aromatic heterocycles. The average molecular weight is 288 g/mol. The maximum atomic E-state index is 11.7. The van der Waals surface area contributed by atoms with E-state index in [1.165, 1.54) is 12.1 Å². The van der Waals surface area contributed by atoms with Crippen LogP contribution < -0.4 is 5.32 Å². The van der Waals surface area contributed by atoms with E-state index < -0.39 is 5.97 Å². The second kappa shape index (κ2) is 6.65. The number of aryl methyl sites for hydroxylation is 2. The van der Waals surface area contributed by atoms with Gasteiger partial charge in [0.05, 0.1) is 12.1 Å². The molecule has 21 heavy (non-hydrogen) atoms. The van der Waals surface area contributed by atoms with Crippen LogP contribution in [0.25, 0.3) is 0 Å². The van der Waals surface area contributed by atoms with Gasteiger partial charge in [0.1, 0.15) is 6.33 Å². The zero-order valence-corrected chi connectivity index (χ0v) is 11.6. The third kappa shape index (κ3) is 4.41. The van der Waals surface area contributed by atoms with Gasteiger partial charge in [-0.05, 0) is 24.1 Å². The molecule has 1 heterocycles. The van der Waals surface area contributed by atoms with Crippen molar-refractivity contribution in [2.45, 2.75) is 19.4 Å². The molecule has 0 aliphatic heterocycles. The van der Waals surface area contributed by atoms with Crippen molar-refractivity contribution in [1.29, 1.82) is 0 Å². The summed E-state index contributed by atoms with van der Waals surface area (Å²) in [4.78, 5) is 26.4. The third-order valence-electron chi connectivity index (χ3n) is 2.93. The van der Waals surface area contributed by atoms with E-state index in [2.05, 4.69) is 15.4 Å². The number of amides is 1. The fraction of sp³-hybridized carbons (Fsp3) is 0.286. The molecule has 0 fully saturated rings. The number of carboxylic acid groups (broad SMARTS) is 1. The lowest BCUT2D eigenvalue weighted by molar-refractivity contribution is -0.121. The number of hydrogen-bond donors (Lipinski definition) is 2. The highest BCUT2D eigenvalue weighted by atomic mass is 16.4. The fourth-order valence-corrected chi connectivity index (χ4v) is 1.80. The largest absolute Gasteiger partial charge is 0.478 e. The van der Waals surface area contributed by atoms with Crippen LogP contribution in [-0.2, 0) is 24.8 Å². The second-order valence-electron chi connectivity index (χ2n) is 4.61. The molecule has 0 saturated heterocycles. The van der Waals surface area contributed by atoms with Crippen LogP contribution in [0.4, 0.5) is 0 Å². The molecule has 0 aliphatic rings. The Morgan fingerprint density at radius 3 is 2.57 bits per heavy atom. The molecule has 0 atom stereocenters. The van der Waals surface area contributed by atoms with Crippen molar-refractivity contribution in [2.24, 2.45) is 7.05 Å². The maximum absolute atomic E-state index is 11.7. The number of carbonyl (C=O) groups excluding carboxylic acids is 1. The van der Waals surface area contributed by atoms with Crippen molar-refractivity contribution < 1.29 is 14.7 Å². The first-order valence-electron chi connectivity index (χ1n) is 6.48. The predicted molar refractivity (Wildman–Crippen MR) is 74.6 cm³/mol. The van der Waals surface area contributed by atoms with Gasteiger partial charge in [0, 0.05) is 13.5 Å². The van der Waals surface area contributed by atoms with Gasteiger partial charge in [0.25, 0.3) is 0 Å². The molecule has 2 rings (SSSR count). The first-order valence-corrected chi connectivity index (χ1v) is 6.48. The summed E-state index contributed by atoms with van der Waals surface area (Å²) in [7, 11) is 1.76. The van der Waals surface area contributed by atoms with Gasteiger partial charge in [-0.2, -0.15) is 5.10 Å². The Kier molecular flexibility index (Phi) is 4.65. The van der Waals surface area contributed by atoms with Crippen LogP contribution in [0.1, 0.15) is 28.2 Å². The van der Waals surface area contributed by atoms with Gasteiger partial charge >= 0.3 is 5.97 Å². The minimum absolute atomic E-state index is 0.0928. The first kappa shape index (κ1) is 14.7. The molecule has 0 aliphatic carbocycles. The summed E-state index contributed by atoms with van der Waals surface area (Å²) in [5.74, 6) is -0.483. The Morgan fingerprint density at radius 2 is 2.00 bits per heavy atom. The predicted octanol–water partition coefficient (Wildman–Crippen LogP) is 0.762. The Balaban J connectivity index is 1.77.